The van der Waals surface area contributed by atoms with Gasteiger partial charge in [0.05, 0.1) is 4.47 Å². The third-order valence-corrected chi connectivity index (χ3v) is 3.28. The molecule has 0 heterocycles. The number of para-hydroxylation sites is 1. The molecule has 17 heavy (non-hydrogen) atoms. The zero-order chi connectivity index (χ0) is 12.5. The summed E-state index contributed by atoms with van der Waals surface area (Å²) < 4.78 is 19.8. The fourth-order valence-corrected chi connectivity index (χ4v) is 2.02. The average molecular weight is 303 g/mol. The van der Waals surface area contributed by atoms with Crippen LogP contribution in [0.25, 0.3) is 0 Å². The van der Waals surface area contributed by atoms with Gasteiger partial charge in [-0.25, -0.2) is 4.39 Å². The summed E-state index contributed by atoms with van der Waals surface area (Å²) in [6.07, 6.45) is 4.19. The molecular formula is C14H20BrFO. The smallest absolute Gasteiger partial charge is 0.134 e. The van der Waals surface area contributed by atoms with E-state index in [2.05, 4.69) is 22.9 Å². The van der Waals surface area contributed by atoms with E-state index in [0.717, 1.165) is 17.3 Å². The lowest BCUT2D eigenvalue weighted by molar-refractivity contribution is 0.183. The third-order valence-electron chi connectivity index (χ3n) is 2.63. The molecule has 0 N–H and O–H groups in total. The normalized spacial score (nSPS) is 12.4. The number of alkyl halides is 1. The molecule has 0 amide bonds. The molecular weight excluding hydrogens is 283 g/mol. The molecule has 0 aliphatic rings. The van der Waals surface area contributed by atoms with E-state index in [1.807, 2.05) is 24.3 Å². The fraction of sp³-hybridized carbons (Fsp3) is 0.571. The maximum absolute atomic E-state index is 13.5. The Kier molecular flexibility index (Phi) is 7.25. The largest absolute Gasteiger partial charge is 0.489 e. The van der Waals surface area contributed by atoms with Gasteiger partial charge in [0, 0.05) is 0 Å². The Morgan fingerprint density at radius 2 is 2.00 bits per heavy atom. The van der Waals surface area contributed by atoms with Crippen molar-refractivity contribution in [1.29, 1.82) is 0 Å². The lowest BCUT2D eigenvalue weighted by atomic mass is 10.1. The van der Waals surface area contributed by atoms with Crippen molar-refractivity contribution < 1.29 is 9.13 Å². The molecule has 0 saturated carbocycles. The standard InChI is InChI=1S/C14H20BrFO/c1-2-3-4-5-8-12(16)11-17-14-10-7-6-9-13(14)15/h6-7,9-10,12H,2-5,8,11H2,1H3. The summed E-state index contributed by atoms with van der Waals surface area (Å²) >= 11 is 3.37. The van der Waals surface area contributed by atoms with Crippen molar-refractivity contribution >= 4 is 15.9 Å². The van der Waals surface area contributed by atoms with Crippen molar-refractivity contribution in [2.24, 2.45) is 0 Å². The zero-order valence-corrected chi connectivity index (χ0v) is 11.9. The summed E-state index contributed by atoms with van der Waals surface area (Å²) in [6.45, 7) is 2.30. The van der Waals surface area contributed by atoms with Crippen molar-refractivity contribution in [2.45, 2.75) is 45.2 Å². The van der Waals surface area contributed by atoms with Gasteiger partial charge in [0.1, 0.15) is 18.5 Å². The topological polar surface area (TPSA) is 9.23 Å². The highest BCUT2D eigenvalue weighted by atomic mass is 79.9. The number of unbranched alkanes of at least 4 members (excludes halogenated alkanes) is 3. The summed E-state index contributed by atoms with van der Waals surface area (Å²) in [6, 6.07) is 7.53. The van der Waals surface area contributed by atoms with Crippen molar-refractivity contribution in [3.63, 3.8) is 0 Å². The number of rotatable bonds is 8. The number of benzene rings is 1. The summed E-state index contributed by atoms with van der Waals surface area (Å²) in [5.74, 6) is 0.712. The monoisotopic (exact) mass is 302 g/mol. The average Bonchev–Trinajstić information content (AvgIpc) is 2.34. The van der Waals surface area contributed by atoms with Crippen molar-refractivity contribution in [3.8, 4) is 5.75 Å². The summed E-state index contributed by atoms with van der Waals surface area (Å²) in [7, 11) is 0. The highest BCUT2D eigenvalue weighted by molar-refractivity contribution is 9.10. The van der Waals surface area contributed by atoms with E-state index in [1.165, 1.54) is 12.8 Å². The molecule has 1 aromatic rings. The molecule has 1 rings (SSSR count). The van der Waals surface area contributed by atoms with Gasteiger partial charge < -0.3 is 4.74 Å². The first-order chi connectivity index (χ1) is 8.24. The lowest BCUT2D eigenvalue weighted by Crippen LogP contribution is -2.12. The highest BCUT2D eigenvalue weighted by Crippen LogP contribution is 2.24. The number of hydrogen-bond donors (Lipinski definition) is 0. The van der Waals surface area contributed by atoms with Gasteiger partial charge in [-0.15, -0.1) is 0 Å². The Balaban J connectivity index is 2.19. The maximum atomic E-state index is 13.5. The van der Waals surface area contributed by atoms with Crippen molar-refractivity contribution in [3.05, 3.63) is 28.7 Å². The van der Waals surface area contributed by atoms with Crippen LogP contribution in [0.15, 0.2) is 28.7 Å². The maximum Gasteiger partial charge on any atom is 0.134 e. The lowest BCUT2D eigenvalue weighted by Gasteiger charge is -2.11. The van der Waals surface area contributed by atoms with E-state index >= 15 is 0 Å². The highest BCUT2D eigenvalue weighted by Gasteiger charge is 2.08. The first-order valence-electron chi connectivity index (χ1n) is 6.25. The Morgan fingerprint density at radius 1 is 1.24 bits per heavy atom. The van der Waals surface area contributed by atoms with Gasteiger partial charge in [-0.1, -0.05) is 44.7 Å². The Morgan fingerprint density at radius 3 is 2.71 bits per heavy atom. The second-order valence-electron chi connectivity index (χ2n) is 4.19. The van der Waals surface area contributed by atoms with Crippen LogP contribution in [0.4, 0.5) is 4.39 Å². The molecule has 1 aromatic carbocycles. The molecule has 0 radical (unpaired) electrons. The van der Waals surface area contributed by atoms with Gasteiger partial charge in [-0.3, -0.25) is 0 Å². The van der Waals surface area contributed by atoms with E-state index < -0.39 is 6.17 Å². The number of halogens is 2. The molecule has 1 atom stereocenters. The van der Waals surface area contributed by atoms with Gasteiger partial charge in [0.15, 0.2) is 0 Å². The van der Waals surface area contributed by atoms with Gasteiger partial charge in [0.2, 0.25) is 0 Å². The SMILES string of the molecule is CCCCCCC(F)COc1ccccc1Br. The molecule has 0 saturated heterocycles. The van der Waals surface area contributed by atoms with Crippen LogP contribution < -0.4 is 4.74 Å². The summed E-state index contributed by atoms with van der Waals surface area (Å²) in [5.41, 5.74) is 0. The molecule has 0 aromatic heterocycles. The summed E-state index contributed by atoms with van der Waals surface area (Å²) in [5, 5.41) is 0. The van der Waals surface area contributed by atoms with Gasteiger partial charge in [0.25, 0.3) is 0 Å². The molecule has 0 fully saturated rings. The van der Waals surface area contributed by atoms with Crippen LogP contribution in [-0.4, -0.2) is 12.8 Å². The van der Waals surface area contributed by atoms with E-state index in [-0.39, 0.29) is 6.61 Å². The second kappa shape index (κ2) is 8.51. The van der Waals surface area contributed by atoms with Crippen LogP contribution >= 0.6 is 15.9 Å². The molecule has 96 valence electrons. The van der Waals surface area contributed by atoms with E-state index in [4.69, 9.17) is 4.74 Å². The summed E-state index contributed by atoms with van der Waals surface area (Å²) in [4.78, 5) is 0. The second-order valence-corrected chi connectivity index (χ2v) is 5.04. The first-order valence-corrected chi connectivity index (χ1v) is 7.04. The minimum Gasteiger partial charge on any atom is -0.489 e. The molecule has 1 unspecified atom stereocenters. The number of ether oxygens (including phenoxy) is 1. The molecule has 1 nitrogen and oxygen atoms in total. The Bertz CT molecular complexity index is 317. The zero-order valence-electron chi connectivity index (χ0n) is 10.3. The van der Waals surface area contributed by atoms with Crippen molar-refractivity contribution in [2.75, 3.05) is 6.61 Å². The van der Waals surface area contributed by atoms with Crippen LogP contribution in [0.5, 0.6) is 5.75 Å². The Labute approximate surface area is 111 Å². The minimum absolute atomic E-state index is 0.148. The predicted octanol–water partition coefficient (Wildman–Crippen LogP) is 5.14. The molecule has 0 spiro atoms. The van der Waals surface area contributed by atoms with E-state index in [9.17, 15) is 4.39 Å². The van der Waals surface area contributed by atoms with Crippen LogP contribution in [0.3, 0.4) is 0 Å². The minimum atomic E-state index is -0.862. The number of hydrogen-bond acceptors (Lipinski definition) is 1. The van der Waals surface area contributed by atoms with E-state index in [1.54, 1.807) is 0 Å². The molecule has 0 aliphatic heterocycles. The van der Waals surface area contributed by atoms with Crippen molar-refractivity contribution in [1.82, 2.24) is 0 Å². The molecule has 3 heteroatoms. The quantitative estimate of drug-likeness (QED) is 0.604. The first kappa shape index (κ1) is 14.5. The van der Waals surface area contributed by atoms with Crippen LogP contribution in [-0.2, 0) is 0 Å². The molecule has 0 bridgehead atoms. The van der Waals surface area contributed by atoms with Gasteiger partial charge >= 0.3 is 0 Å². The van der Waals surface area contributed by atoms with E-state index in [0.29, 0.717) is 12.2 Å². The third kappa shape index (κ3) is 6.06. The predicted molar refractivity (Wildman–Crippen MR) is 73.3 cm³/mol. The van der Waals surface area contributed by atoms with Gasteiger partial charge in [-0.2, -0.15) is 0 Å². The van der Waals surface area contributed by atoms with Crippen LogP contribution in [0, 0.1) is 0 Å². The Hall–Kier alpha value is -0.570. The van der Waals surface area contributed by atoms with Crippen LogP contribution in [0.1, 0.15) is 39.0 Å². The van der Waals surface area contributed by atoms with Gasteiger partial charge in [-0.05, 0) is 34.5 Å². The molecule has 0 aliphatic carbocycles. The van der Waals surface area contributed by atoms with Crippen LogP contribution in [0.2, 0.25) is 0 Å². The fourth-order valence-electron chi connectivity index (χ4n) is 1.62.